The van der Waals surface area contributed by atoms with Crippen molar-refractivity contribution in [3.63, 3.8) is 0 Å². The lowest BCUT2D eigenvalue weighted by Gasteiger charge is -2.21. The van der Waals surface area contributed by atoms with Gasteiger partial charge >= 0.3 is 0 Å². The van der Waals surface area contributed by atoms with Crippen LogP contribution in [-0.2, 0) is 5.41 Å². The molecule has 1 heterocycles. The van der Waals surface area contributed by atoms with Gasteiger partial charge in [0.25, 0.3) is 0 Å². The minimum atomic E-state index is 0.0120. The molecule has 9 rings (SSSR count). The maximum Gasteiger partial charge on any atom is 0.0361 e. The molecule has 1 heteroatoms. The molecule has 0 bridgehead atoms. The standard InChI is InChI=1S/C37H24S/c1-37(2)29-9-4-3-8-27(29)35-30(37)17-19-32-36(35)28-20-24(14-18-31(28)38-32)25-15-12-23-11-10-21-6-5-7-22-13-16-26(25)34(23)33(21)22/h3-20H,1-2H3. The van der Waals surface area contributed by atoms with Crippen molar-refractivity contribution in [2.24, 2.45) is 0 Å². The lowest BCUT2D eigenvalue weighted by Crippen LogP contribution is -2.14. The van der Waals surface area contributed by atoms with Crippen LogP contribution in [0.5, 0.6) is 0 Å². The van der Waals surface area contributed by atoms with E-state index in [9.17, 15) is 0 Å². The van der Waals surface area contributed by atoms with E-state index in [1.54, 1.807) is 0 Å². The zero-order valence-electron chi connectivity index (χ0n) is 21.3. The normalized spacial score (nSPS) is 14.3. The van der Waals surface area contributed by atoms with E-state index in [4.69, 9.17) is 0 Å². The minimum absolute atomic E-state index is 0.0120. The zero-order chi connectivity index (χ0) is 25.2. The summed E-state index contributed by atoms with van der Waals surface area (Å²) in [6.07, 6.45) is 0. The largest absolute Gasteiger partial charge is 0.135 e. The summed E-state index contributed by atoms with van der Waals surface area (Å²) in [6, 6.07) is 41.2. The Hall–Kier alpha value is -4.20. The first-order valence-electron chi connectivity index (χ1n) is 13.4. The fourth-order valence-corrected chi connectivity index (χ4v) is 8.31. The molecular weight excluding hydrogens is 476 g/mol. The van der Waals surface area contributed by atoms with Gasteiger partial charge in [0.1, 0.15) is 0 Å². The molecular formula is C37H24S. The molecule has 0 saturated carbocycles. The van der Waals surface area contributed by atoms with Crippen molar-refractivity contribution in [3.05, 3.63) is 120 Å². The van der Waals surface area contributed by atoms with Crippen molar-refractivity contribution in [1.82, 2.24) is 0 Å². The van der Waals surface area contributed by atoms with Gasteiger partial charge in [-0.1, -0.05) is 105 Å². The highest BCUT2D eigenvalue weighted by Gasteiger charge is 2.36. The summed E-state index contributed by atoms with van der Waals surface area (Å²) in [5.74, 6) is 0. The molecule has 0 unspecified atom stereocenters. The minimum Gasteiger partial charge on any atom is -0.135 e. The molecule has 0 N–H and O–H groups in total. The maximum atomic E-state index is 2.45. The molecule has 178 valence electrons. The van der Waals surface area contributed by atoms with Crippen molar-refractivity contribution in [3.8, 4) is 22.3 Å². The van der Waals surface area contributed by atoms with Gasteiger partial charge in [0, 0.05) is 25.6 Å². The summed E-state index contributed by atoms with van der Waals surface area (Å²) in [7, 11) is 0. The van der Waals surface area contributed by atoms with E-state index in [-0.39, 0.29) is 5.41 Å². The third kappa shape index (κ3) is 2.50. The molecule has 1 aliphatic rings. The van der Waals surface area contributed by atoms with Gasteiger partial charge in [0.15, 0.2) is 0 Å². The van der Waals surface area contributed by atoms with E-state index in [0.717, 1.165) is 0 Å². The average Bonchev–Trinajstić information content (AvgIpc) is 3.43. The van der Waals surface area contributed by atoms with Crippen LogP contribution in [0.4, 0.5) is 0 Å². The lowest BCUT2D eigenvalue weighted by atomic mass is 9.82. The Balaban J connectivity index is 1.37. The van der Waals surface area contributed by atoms with Crippen LogP contribution in [0.25, 0.3) is 74.7 Å². The number of hydrogen-bond donors (Lipinski definition) is 0. The quantitative estimate of drug-likeness (QED) is 0.197. The van der Waals surface area contributed by atoms with E-state index < -0.39 is 0 Å². The fraction of sp³-hybridized carbons (Fsp3) is 0.0811. The SMILES string of the molecule is CC1(C)c2ccccc2-c2c1ccc1sc3ccc(-c4ccc5ccc6cccc7ccc4c5c67)cc3c21. The predicted octanol–water partition coefficient (Wildman–Crippen LogP) is 10.9. The molecule has 0 fully saturated rings. The number of thiophene rings is 1. The molecule has 38 heavy (non-hydrogen) atoms. The number of fused-ring (bicyclic) bond motifs is 7. The van der Waals surface area contributed by atoms with E-state index in [0.29, 0.717) is 0 Å². The Labute approximate surface area is 225 Å². The van der Waals surface area contributed by atoms with Crippen LogP contribution in [0.2, 0.25) is 0 Å². The summed E-state index contributed by atoms with van der Waals surface area (Å²) in [5, 5.41) is 10.8. The molecule has 0 radical (unpaired) electrons. The van der Waals surface area contributed by atoms with E-state index in [1.807, 2.05) is 11.3 Å². The van der Waals surface area contributed by atoms with Crippen LogP contribution in [0, 0.1) is 0 Å². The van der Waals surface area contributed by atoms with Crippen molar-refractivity contribution < 1.29 is 0 Å². The highest BCUT2D eigenvalue weighted by atomic mass is 32.1. The third-order valence-electron chi connectivity index (χ3n) is 9.02. The third-order valence-corrected chi connectivity index (χ3v) is 10.2. The van der Waals surface area contributed by atoms with Gasteiger partial charge in [-0.3, -0.25) is 0 Å². The van der Waals surface area contributed by atoms with Gasteiger partial charge in [-0.15, -0.1) is 11.3 Å². The van der Waals surface area contributed by atoms with Gasteiger partial charge in [-0.25, -0.2) is 0 Å². The Morgan fingerprint density at radius 1 is 0.500 bits per heavy atom. The zero-order valence-corrected chi connectivity index (χ0v) is 22.1. The monoisotopic (exact) mass is 500 g/mol. The van der Waals surface area contributed by atoms with Crippen molar-refractivity contribution >= 4 is 63.8 Å². The molecule has 0 spiro atoms. The second-order valence-electron chi connectivity index (χ2n) is 11.3. The molecule has 0 nitrogen and oxygen atoms in total. The van der Waals surface area contributed by atoms with Gasteiger partial charge < -0.3 is 0 Å². The Morgan fingerprint density at radius 2 is 1.24 bits per heavy atom. The van der Waals surface area contributed by atoms with Crippen LogP contribution in [0.3, 0.4) is 0 Å². The summed E-state index contributed by atoms with van der Waals surface area (Å²) in [5.41, 5.74) is 8.32. The molecule has 0 atom stereocenters. The first-order valence-corrected chi connectivity index (χ1v) is 14.2. The smallest absolute Gasteiger partial charge is 0.0361 e. The van der Waals surface area contributed by atoms with Crippen LogP contribution in [0.15, 0.2) is 109 Å². The number of benzene rings is 7. The maximum absolute atomic E-state index is 2.45. The highest BCUT2D eigenvalue weighted by Crippen LogP contribution is 2.54. The van der Waals surface area contributed by atoms with Gasteiger partial charge in [0.05, 0.1) is 0 Å². The summed E-state index contributed by atoms with van der Waals surface area (Å²) >= 11 is 1.92. The number of hydrogen-bond acceptors (Lipinski definition) is 1. The van der Waals surface area contributed by atoms with Crippen LogP contribution >= 0.6 is 11.3 Å². The summed E-state index contributed by atoms with van der Waals surface area (Å²) in [4.78, 5) is 0. The summed E-state index contributed by atoms with van der Waals surface area (Å²) < 4.78 is 2.73. The van der Waals surface area contributed by atoms with E-state index in [2.05, 4.69) is 123 Å². The molecule has 7 aromatic carbocycles. The Morgan fingerprint density at radius 3 is 2.11 bits per heavy atom. The topological polar surface area (TPSA) is 0 Å². The van der Waals surface area contributed by atoms with Crippen molar-refractivity contribution in [2.75, 3.05) is 0 Å². The molecule has 0 amide bonds. The molecule has 1 aliphatic carbocycles. The molecule has 0 aliphatic heterocycles. The predicted molar refractivity (Wildman–Crippen MR) is 166 cm³/mol. The van der Waals surface area contributed by atoms with Gasteiger partial charge in [-0.05, 0) is 83.9 Å². The molecule has 0 saturated heterocycles. The van der Waals surface area contributed by atoms with Crippen LogP contribution in [0.1, 0.15) is 25.0 Å². The fourth-order valence-electron chi connectivity index (χ4n) is 7.22. The second-order valence-corrected chi connectivity index (χ2v) is 12.4. The first kappa shape index (κ1) is 20.8. The average molecular weight is 501 g/mol. The first-order chi connectivity index (χ1) is 18.6. The van der Waals surface area contributed by atoms with E-state index in [1.165, 1.54) is 85.9 Å². The van der Waals surface area contributed by atoms with Gasteiger partial charge in [-0.2, -0.15) is 0 Å². The van der Waals surface area contributed by atoms with Crippen LogP contribution < -0.4 is 0 Å². The number of rotatable bonds is 1. The second kappa shape index (κ2) is 7.01. The Bertz CT molecular complexity index is 2240. The van der Waals surface area contributed by atoms with Crippen molar-refractivity contribution in [1.29, 1.82) is 0 Å². The molecule has 8 aromatic rings. The van der Waals surface area contributed by atoms with Gasteiger partial charge in [0.2, 0.25) is 0 Å². The lowest BCUT2D eigenvalue weighted by molar-refractivity contribution is 0.661. The van der Waals surface area contributed by atoms with E-state index >= 15 is 0 Å². The van der Waals surface area contributed by atoms with Crippen molar-refractivity contribution in [2.45, 2.75) is 19.3 Å². The summed E-state index contributed by atoms with van der Waals surface area (Å²) in [6.45, 7) is 4.74. The Kier molecular flexibility index (Phi) is 3.84. The van der Waals surface area contributed by atoms with Crippen LogP contribution in [-0.4, -0.2) is 0 Å². The molecule has 1 aromatic heterocycles. The highest BCUT2D eigenvalue weighted by molar-refractivity contribution is 7.26.